The topological polar surface area (TPSA) is 0 Å². The molecule has 0 fully saturated rings. The molecule has 38 valence electrons. The van der Waals surface area contributed by atoms with Crippen LogP contribution >= 0.6 is 13.5 Å². The molecular formula is C5H12S. The molecule has 0 atom stereocenters. The zero-order valence-electron chi connectivity index (χ0n) is 4.20. The molecular weight excluding hydrogens is 92.1 g/mol. The van der Waals surface area contributed by atoms with Crippen molar-refractivity contribution in [2.45, 2.75) is 19.8 Å². The van der Waals surface area contributed by atoms with E-state index in [0.29, 0.717) is 0 Å². The summed E-state index contributed by atoms with van der Waals surface area (Å²) in [5.41, 5.74) is 0. The highest BCUT2D eigenvalue weighted by Gasteiger charge is 1.61. The fraction of sp³-hybridized carbons (Fsp3) is 0.600. The first kappa shape index (κ1) is 9.43. The first-order valence-corrected chi connectivity index (χ1v) is 2.02. The van der Waals surface area contributed by atoms with Crippen molar-refractivity contribution >= 4 is 13.5 Å². The van der Waals surface area contributed by atoms with Gasteiger partial charge in [0.25, 0.3) is 0 Å². The quantitative estimate of drug-likeness (QED) is 0.470. The van der Waals surface area contributed by atoms with Gasteiger partial charge in [0.1, 0.15) is 0 Å². The summed E-state index contributed by atoms with van der Waals surface area (Å²) in [6.45, 7) is 5.69. The van der Waals surface area contributed by atoms with Crippen molar-refractivity contribution in [3.63, 3.8) is 0 Å². The SMILES string of the molecule is C=CCCC.S. The molecule has 0 unspecified atom stereocenters. The molecule has 0 aromatic carbocycles. The van der Waals surface area contributed by atoms with E-state index in [2.05, 4.69) is 13.5 Å². The molecule has 0 aliphatic rings. The maximum Gasteiger partial charge on any atom is -0.0356 e. The van der Waals surface area contributed by atoms with Crippen molar-refractivity contribution in [1.29, 1.82) is 0 Å². The van der Waals surface area contributed by atoms with Gasteiger partial charge in [0.15, 0.2) is 0 Å². The molecule has 0 saturated heterocycles. The smallest absolute Gasteiger partial charge is 0.0356 e. The highest BCUT2D eigenvalue weighted by molar-refractivity contribution is 7.59. The van der Waals surface area contributed by atoms with Gasteiger partial charge in [0.2, 0.25) is 0 Å². The maximum absolute atomic E-state index is 3.55. The largest absolute Gasteiger partial charge is 0.197 e. The Morgan fingerprint density at radius 3 is 2.17 bits per heavy atom. The monoisotopic (exact) mass is 104 g/mol. The van der Waals surface area contributed by atoms with Gasteiger partial charge in [0.05, 0.1) is 0 Å². The van der Waals surface area contributed by atoms with E-state index < -0.39 is 0 Å². The zero-order valence-corrected chi connectivity index (χ0v) is 5.20. The molecule has 1 heteroatoms. The minimum Gasteiger partial charge on any atom is -0.197 e. The van der Waals surface area contributed by atoms with Gasteiger partial charge in [-0.2, -0.15) is 13.5 Å². The number of allylic oxidation sites excluding steroid dienone is 1. The minimum absolute atomic E-state index is 0. The molecule has 0 aliphatic heterocycles. The highest BCUT2D eigenvalue weighted by atomic mass is 32.1. The van der Waals surface area contributed by atoms with Crippen LogP contribution < -0.4 is 0 Å². The van der Waals surface area contributed by atoms with Crippen molar-refractivity contribution in [2.24, 2.45) is 0 Å². The molecule has 0 N–H and O–H groups in total. The van der Waals surface area contributed by atoms with Crippen LogP contribution in [-0.4, -0.2) is 0 Å². The lowest BCUT2D eigenvalue weighted by Gasteiger charge is -1.72. The second kappa shape index (κ2) is 8.92. The average molecular weight is 104 g/mol. The molecule has 0 rings (SSSR count). The predicted molar refractivity (Wildman–Crippen MR) is 35.5 cm³/mol. The summed E-state index contributed by atoms with van der Waals surface area (Å²) >= 11 is 0. The van der Waals surface area contributed by atoms with E-state index in [-0.39, 0.29) is 13.5 Å². The molecule has 0 amide bonds. The highest BCUT2D eigenvalue weighted by Crippen LogP contribution is 1.82. The number of hydrogen-bond donors (Lipinski definition) is 0. The van der Waals surface area contributed by atoms with Crippen LogP contribution in [-0.2, 0) is 0 Å². The predicted octanol–water partition coefficient (Wildman–Crippen LogP) is 2.09. The van der Waals surface area contributed by atoms with Crippen LogP contribution in [0, 0.1) is 0 Å². The third kappa shape index (κ3) is 8.94. The summed E-state index contributed by atoms with van der Waals surface area (Å²) in [7, 11) is 0. The van der Waals surface area contributed by atoms with E-state index in [4.69, 9.17) is 0 Å². The van der Waals surface area contributed by atoms with Crippen molar-refractivity contribution in [3.05, 3.63) is 12.7 Å². The Balaban J connectivity index is 0. The van der Waals surface area contributed by atoms with E-state index in [9.17, 15) is 0 Å². The summed E-state index contributed by atoms with van der Waals surface area (Å²) in [6.07, 6.45) is 4.31. The van der Waals surface area contributed by atoms with Gasteiger partial charge in [0, 0.05) is 0 Å². The Morgan fingerprint density at radius 1 is 1.67 bits per heavy atom. The Bertz CT molecular complexity index is 25.1. The van der Waals surface area contributed by atoms with Crippen LogP contribution in [0.1, 0.15) is 19.8 Å². The van der Waals surface area contributed by atoms with E-state index in [1.807, 2.05) is 6.08 Å². The second-order valence-corrected chi connectivity index (χ2v) is 1.08. The molecule has 0 spiro atoms. The summed E-state index contributed by atoms with van der Waals surface area (Å²) in [5.74, 6) is 0. The number of rotatable bonds is 2. The van der Waals surface area contributed by atoms with Crippen molar-refractivity contribution in [1.82, 2.24) is 0 Å². The molecule has 0 nitrogen and oxygen atoms in total. The van der Waals surface area contributed by atoms with Gasteiger partial charge < -0.3 is 0 Å². The van der Waals surface area contributed by atoms with Gasteiger partial charge in [-0.3, -0.25) is 0 Å². The van der Waals surface area contributed by atoms with Crippen LogP contribution in [0.3, 0.4) is 0 Å². The zero-order chi connectivity index (χ0) is 4.12. The van der Waals surface area contributed by atoms with Crippen LogP contribution in [0.25, 0.3) is 0 Å². The lowest BCUT2D eigenvalue weighted by Crippen LogP contribution is -1.52. The summed E-state index contributed by atoms with van der Waals surface area (Å²) < 4.78 is 0. The Hall–Kier alpha value is 0.0900. The van der Waals surface area contributed by atoms with Gasteiger partial charge >= 0.3 is 0 Å². The molecule has 6 heavy (non-hydrogen) atoms. The molecule has 0 aliphatic carbocycles. The van der Waals surface area contributed by atoms with Gasteiger partial charge in [-0.15, -0.1) is 6.58 Å². The molecule has 0 heterocycles. The summed E-state index contributed by atoms with van der Waals surface area (Å²) in [5, 5.41) is 0. The van der Waals surface area contributed by atoms with E-state index >= 15 is 0 Å². The number of unbranched alkanes of at least 4 members (excludes halogenated alkanes) is 1. The summed E-state index contributed by atoms with van der Waals surface area (Å²) in [4.78, 5) is 0. The third-order valence-electron chi connectivity index (χ3n) is 0.493. The maximum atomic E-state index is 3.55. The van der Waals surface area contributed by atoms with Crippen molar-refractivity contribution in [3.8, 4) is 0 Å². The third-order valence-corrected chi connectivity index (χ3v) is 0.493. The minimum atomic E-state index is 0. The standard InChI is InChI=1S/C5H10.H2S/c1-3-5-4-2;/h3H,1,4-5H2,2H3;1H2. The Kier molecular flexibility index (Phi) is 14.0. The van der Waals surface area contributed by atoms with Crippen LogP contribution in [0.5, 0.6) is 0 Å². The van der Waals surface area contributed by atoms with Crippen LogP contribution in [0.15, 0.2) is 12.7 Å². The van der Waals surface area contributed by atoms with Gasteiger partial charge in [-0.25, -0.2) is 0 Å². The van der Waals surface area contributed by atoms with Crippen molar-refractivity contribution in [2.75, 3.05) is 0 Å². The van der Waals surface area contributed by atoms with Crippen molar-refractivity contribution < 1.29 is 0 Å². The van der Waals surface area contributed by atoms with E-state index in [1.165, 1.54) is 6.42 Å². The Labute approximate surface area is 46.7 Å². The fourth-order valence-electron chi connectivity index (χ4n) is 0.204. The van der Waals surface area contributed by atoms with Gasteiger partial charge in [-0.05, 0) is 6.42 Å². The second-order valence-electron chi connectivity index (χ2n) is 1.08. The first-order valence-electron chi connectivity index (χ1n) is 2.02. The van der Waals surface area contributed by atoms with Crippen LogP contribution in [0.2, 0.25) is 0 Å². The van der Waals surface area contributed by atoms with E-state index in [1.54, 1.807) is 0 Å². The number of hydrogen-bond acceptors (Lipinski definition) is 0. The van der Waals surface area contributed by atoms with Crippen LogP contribution in [0.4, 0.5) is 0 Å². The van der Waals surface area contributed by atoms with E-state index in [0.717, 1.165) is 6.42 Å². The average Bonchev–Trinajstić information content (AvgIpc) is 1.41. The first-order chi connectivity index (χ1) is 2.41. The summed E-state index contributed by atoms with van der Waals surface area (Å²) in [6, 6.07) is 0. The molecule has 0 aromatic heterocycles. The fourth-order valence-corrected chi connectivity index (χ4v) is 0.204. The lowest BCUT2D eigenvalue weighted by molar-refractivity contribution is 0.961. The van der Waals surface area contributed by atoms with Gasteiger partial charge in [-0.1, -0.05) is 19.4 Å². The molecule has 0 bridgehead atoms. The normalized spacial score (nSPS) is 6.17. The molecule has 0 aromatic rings. The molecule has 0 radical (unpaired) electrons. The lowest BCUT2D eigenvalue weighted by atomic mass is 10.3. The molecule has 0 saturated carbocycles. The Morgan fingerprint density at radius 2 is 2.17 bits per heavy atom.